The summed E-state index contributed by atoms with van der Waals surface area (Å²) in [6.45, 7) is 2.29. The molecule has 1 unspecified atom stereocenters. The summed E-state index contributed by atoms with van der Waals surface area (Å²) in [5.41, 5.74) is 5.05. The molecule has 35 heavy (non-hydrogen) atoms. The predicted molar refractivity (Wildman–Crippen MR) is 132 cm³/mol. The van der Waals surface area contributed by atoms with Crippen LogP contribution >= 0.6 is 11.3 Å². The van der Waals surface area contributed by atoms with E-state index >= 15 is 0 Å². The molecule has 0 fully saturated rings. The summed E-state index contributed by atoms with van der Waals surface area (Å²) in [5.74, 6) is -1.86. The standard InChI is InChI=1S/C26H27N3O5S/c1-3-23-27-16(15-35-23)13-29(2)25(32)22(12-24(30)31)28-26(33)34-14-21-19-10-6-4-8-17(19)18-9-5-7-11-20(18)21/h4-11,15,21-22H,3,12-14H2,1-2H3,(H,28,33)(H,30,31). The zero-order chi connectivity index (χ0) is 24.9. The monoisotopic (exact) mass is 493 g/mol. The van der Waals surface area contributed by atoms with Crippen LogP contribution in [0, 0.1) is 0 Å². The number of carboxylic acid groups (broad SMARTS) is 1. The fourth-order valence-corrected chi connectivity index (χ4v) is 5.06. The molecular weight excluding hydrogens is 466 g/mol. The Labute approximate surface area is 207 Å². The largest absolute Gasteiger partial charge is 0.481 e. The average molecular weight is 494 g/mol. The Kier molecular flexibility index (Phi) is 7.45. The third-order valence-corrected chi connectivity index (χ3v) is 7.03. The molecule has 1 heterocycles. The number of carboxylic acids is 1. The number of benzene rings is 2. The predicted octanol–water partition coefficient (Wildman–Crippen LogP) is 4.05. The van der Waals surface area contributed by atoms with E-state index in [4.69, 9.17) is 4.74 Å². The Morgan fingerprint density at radius 1 is 1.11 bits per heavy atom. The molecular formula is C26H27N3O5S. The number of rotatable bonds is 9. The lowest BCUT2D eigenvalue weighted by molar-refractivity contribution is -0.142. The van der Waals surface area contributed by atoms with Crippen LogP contribution in [0.5, 0.6) is 0 Å². The number of hydrogen-bond acceptors (Lipinski definition) is 6. The maximum atomic E-state index is 13.0. The van der Waals surface area contributed by atoms with Gasteiger partial charge in [0.25, 0.3) is 0 Å². The highest BCUT2D eigenvalue weighted by molar-refractivity contribution is 7.09. The summed E-state index contributed by atoms with van der Waals surface area (Å²) in [5, 5.41) is 14.6. The van der Waals surface area contributed by atoms with Crippen molar-refractivity contribution in [2.75, 3.05) is 13.7 Å². The molecule has 0 saturated heterocycles. The van der Waals surface area contributed by atoms with Gasteiger partial charge in [-0.3, -0.25) is 9.59 Å². The molecule has 2 aromatic carbocycles. The van der Waals surface area contributed by atoms with Gasteiger partial charge >= 0.3 is 12.1 Å². The number of hydrogen-bond donors (Lipinski definition) is 2. The first-order chi connectivity index (χ1) is 16.9. The van der Waals surface area contributed by atoms with E-state index in [0.717, 1.165) is 39.4 Å². The number of fused-ring (bicyclic) bond motifs is 3. The van der Waals surface area contributed by atoms with Gasteiger partial charge in [0.15, 0.2) is 0 Å². The molecule has 3 aromatic rings. The minimum Gasteiger partial charge on any atom is -0.481 e. The van der Waals surface area contributed by atoms with Gasteiger partial charge in [-0.2, -0.15) is 0 Å². The zero-order valence-corrected chi connectivity index (χ0v) is 20.4. The number of carbonyl (C=O) groups excluding carboxylic acids is 2. The van der Waals surface area contributed by atoms with E-state index < -0.39 is 30.4 Å². The molecule has 2 N–H and O–H groups in total. The van der Waals surface area contributed by atoms with E-state index in [-0.39, 0.29) is 19.1 Å². The molecule has 0 aliphatic heterocycles. The number of ether oxygens (including phenoxy) is 1. The van der Waals surface area contributed by atoms with Crippen molar-refractivity contribution in [3.05, 3.63) is 75.7 Å². The van der Waals surface area contributed by atoms with Gasteiger partial charge in [0, 0.05) is 18.3 Å². The summed E-state index contributed by atoms with van der Waals surface area (Å²) in [4.78, 5) is 42.8. The van der Waals surface area contributed by atoms with Crippen LogP contribution in [0.2, 0.25) is 0 Å². The summed E-state index contributed by atoms with van der Waals surface area (Å²) in [7, 11) is 1.56. The molecule has 0 bridgehead atoms. The second-order valence-corrected chi connectivity index (χ2v) is 9.34. The summed E-state index contributed by atoms with van der Waals surface area (Å²) in [6, 6.07) is 14.7. The Morgan fingerprint density at radius 2 is 1.74 bits per heavy atom. The van der Waals surface area contributed by atoms with Gasteiger partial charge in [-0.25, -0.2) is 9.78 Å². The zero-order valence-electron chi connectivity index (χ0n) is 19.6. The summed E-state index contributed by atoms with van der Waals surface area (Å²) >= 11 is 1.51. The third-order valence-electron chi connectivity index (χ3n) is 5.99. The fourth-order valence-electron chi connectivity index (χ4n) is 4.33. The molecule has 2 amide bonds. The van der Waals surface area contributed by atoms with Crippen molar-refractivity contribution in [2.24, 2.45) is 0 Å². The average Bonchev–Trinajstić information content (AvgIpc) is 3.43. The van der Waals surface area contributed by atoms with E-state index in [1.54, 1.807) is 7.05 Å². The number of aromatic nitrogens is 1. The maximum Gasteiger partial charge on any atom is 0.407 e. The quantitative estimate of drug-likeness (QED) is 0.466. The lowest BCUT2D eigenvalue weighted by atomic mass is 9.98. The van der Waals surface area contributed by atoms with Crippen LogP contribution in [0.15, 0.2) is 53.9 Å². The summed E-state index contributed by atoms with van der Waals surface area (Å²) in [6.07, 6.45) is -0.584. The minimum atomic E-state index is -1.25. The number of nitrogens with one attached hydrogen (secondary N) is 1. The van der Waals surface area contributed by atoms with E-state index in [2.05, 4.69) is 10.3 Å². The van der Waals surface area contributed by atoms with Gasteiger partial charge in [-0.15, -0.1) is 11.3 Å². The second-order valence-electron chi connectivity index (χ2n) is 8.40. The van der Waals surface area contributed by atoms with Crippen molar-refractivity contribution in [1.82, 2.24) is 15.2 Å². The Balaban J connectivity index is 1.41. The third kappa shape index (κ3) is 5.51. The molecule has 0 spiro atoms. The topological polar surface area (TPSA) is 109 Å². The van der Waals surface area contributed by atoms with Gasteiger partial charge in [0.05, 0.1) is 23.7 Å². The van der Waals surface area contributed by atoms with Crippen molar-refractivity contribution < 1.29 is 24.2 Å². The number of alkyl carbamates (subject to hydrolysis) is 1. The van der Waals surface area contributed by atoms with Gasteiger partial charge < -0.3 is 20.1 Å². The van der Waals surface area contributed by atoms with Crippen LogP contribution in [-0.2, 0) is 27.3 Å². The molecule has 0 saturated carbocycles. The van der Waals surface area contributed by atoms with Gasteiger partial charge in [0.1, 0.15) is 12.6 Å². The number of carbonyl (C=O) groups is 3. The van der Waals surface area contributed by atoms with Crippen molar-refractivity contribution in [3.8, 4) is 11.1 Å². The van der Waals surface area contributed by atoms with Crippen molar-refractivity contribution in [3.63, 3.8) is 0 Å². The molecule has 1 aromatic heterocycles. The highest BCUT2D eigenvalue weighted by Crippen LogP contribution is 2.44. The first-order valence-electron chi connectivity index (χ1n) is 11.4. The highest BCUT2D eigenvalue weighted by Gasteiger charge is 2.31. The highest BCUT2D eigenvalue weighted by atomic mass is 32.1. The number of thiazole rings is 1. The maximum absolute atomic E-state index is 13.0. The van der Waals surface area contributed by atoms with Crippen LogP contribution in [0.4, 0.5) is 4.79 Å². The normalized spacial score (nSPS) is 13.0. The SMILES string of the molecule is CCc1nc(CN(C)C(=O)C(CC(=O)O)NC(=O)OCC2c3ccccc3-c3ccccc32)cs1. The van der Waals surface area contributed by atoms with Gasteiger partial charge in [-0.1, -0.05) is 55.5 Å². The van der Waals surface area contributed by atoms with Crippen LogP contribution in [0.1, 0.15) is 41.1 Å². The number of nitrogens with zero attached hydrogens (tertiary/aromatic N) is 2. The fraction of sp³-hybridized carbons (Fsp3) is 0.308. The van der Waals surface area contributed by atoms with E-state index in [9.17, 15) is 19.5 Å². The van der Waals surface area contributed by atoms with Crippen LogP contribution in [0.3, 0.4) is 0 Å². The van der Waals surface area contributed by atoms with Crippen LogP contribution < -0.4 is 5.32 Å². The first kappa shape index (κ1) is 24.4. The Hall–Kier alpha value is -3.72. The van der Waals surface area contributed by atoms with E-state index in [1.807, 2.05) is 60.8 Å². The van der Waals surface area contributed by atoms with Crippen LogP contribution in [-0.4, -0.2) is 52.7 Å². The van der Waals surface area contributed by atoms with Crippen molar-refractivity contribution >= 4 is 29.3 Å². The Bertz CT molecular complexity index is 1200. The van der Waals surface area contributed by atoms with E-state index in [0.29, 0.717) is 0 Å². The molecule has 1 atom stereocenters. The molecule has 8 nitrogen and oxygen atoms in total. The van der Waals surface area contributed by atoms with Crippen molar-refractivity contribution in [2.45, 2.75) is 38.3 Å². The number of aliphatic carboxylic acids is 1. The lowest BCUT2D eigenvalue weighted by Crippen LogP contribution is -2.48. The first-order valence-corrected chi connectivity index (χ1v) is 12.3. The van der Waals surface area contributed by atoms with Crippen molar-refractivity contribution in [1.29, 1.82) is 0 Å². The summed E-state index contributed by atoms with van der Waals surface area (Å²) < 4.78 is 5.49. The Morgan fingerprint density at radius 3 is 2.31 bits per heavy atom. The molecule has 182 valence electrons. The smallest absolute Gasteiger partial charge is 0.407 e. The molecule has 1 aliphatic rings. The number of amides is 2. The van der Waals surface area contributed by atoms with Gasteiger partial charge in [0.2, 0.25) is 5.91 Å². The van der Waals surface area contributed by atoms with E-state index in [1.165, 1.54) is 16.2 Å². The molecule has 9 heteroatoms. The lowest BCUT2D eigenvalue weighted by Gasteiger charge is -2.23. The number of likely N-dealkylation sites (N-methyl/N-ethyl adjacent to an activating group) is 1. The minimum absolute atomic E-state index is 0.0717. The number of aryl methyl sites for hydroxylation is 1. The van der Waals surface area contributed by atoms with Crippen LogP contribution in [0.25, 0.3) is 11.1 Å². The molecule has 4 rings (SSSR count). The molecule has 0 radical (unpaired) electrons. The molecule has 1 aliphatic carbocycles. The van der Waals surface area contributed by atoms with Gasteiger partial charge in [-0.05, 0) is 28.7 Å². The second kappa shape index (κ2) is 10.7.